The average molecular weight is 402 g/mol. The number of unbranched alkanes of at least 4 members (excludes halogenated alkanes) is 2. The van der Waals surface area contributed by atoms with Gasteiger partial charge in [-0.1, -0.05) is 44.4 Å². The number of hydrogen-bond acceptors (Lipinski definition) is 4. The van der Waals surface area contributed by atoms with Crippen LogP contribution in [0.3, 0.4) is 0 Å². The molecule has 0 saturated carbocycles. The molecule has 3 atom stereocenters. The number of hydrogen-bond donors (Lipinski definition) is 2. The van der Waals surface area contributed by atoms with E-state index in [2.05, 4.69) is 24.4 Å². The molecule has 0 aliphatic carbocycles. The lowest BCUT2D eigenvalue weighted by atomic mass is 10.0. The summed E-state index contributed by atoms with van der Waals surface area (Å²) in [6.45, 7) is 2.15. The molecule has 28 heavy (non-hydrogen) atoms. The van der Waals surface area contributed by atoms with Crippen molar-refractivity contribution in [3.8, 4) is 0 Å². The van der Waals surface area contributed by atoms with Crippen molar-refractivity contribution in [1.29, 1.82) is 0 Å². The summed E-state index contributed by atoms with van der Waals surface area (Å²) in [4.78, 5) is 15.6. The summed E-state index contributed by atoms with van der Waals surface area (Å²) in [5.74, 6) is -0.0233. The fraction of sp³-hybridized carbons (Fsp3) is 0.522. The van der Waals surface area contributed by atoms with E-state index in [9.17, 15) is 15.0 Å². The molecule has 1 aliphatic rings. The Morgan fingerprint density at radius 1 is 1.18 bits per heavy atom. The fourth-order valence-corrected chi connectivity index (χ4v) is 4.73. The van der Waals surface area contributed by atoms with Crippen LogP contribution in [-0.4, -0.2) is 28.3 Å². The number of anilines is 1. The van der Waals surface area contributed by atoms with E-state index in [0.717, 1.165) is 56.2 Å². The highest BCUT2D eigenvalue weighted by molar-refractivity contribution is 7.09. The summed E-state index contributed by atoms with van der Waals surface area (Å²) < 4.78 is 0. The Morgan fingerprint density at radius 2 is 1.96 bits per heavy atom. The van der Waals surface area contributed by atoms with Crippen LogP contribution in [0.25, 0.3) is 0 Å². The van der Waals surface area contributed by atoms with Gasteiger partial charge in [-0.15, -0.1) is 11.3 Å². The minimum absolute atomic E-state index is 0.0233. The van der Waals surface area contributed by atoms with Crippen molar-refractivity contribution in [3.05, 3.63) is 52.2 Å². The summed E-state index contributed by atoms with van der Waals surface area (Å²) in [7, 11) is 0. The Bertz CT molecular complexity index is 729. The molecule has 0 radical (unpaired) electrons. The molecule has 1 unspecified atom stereocenters. The van der Waals surface area contributed by atoms with Crippen LogP contribution in [0.4, 0.5) is 5.69 Å². The second-order valence-corrected chi connectivity index (χ2v) is 8.71. The number of nitrogens with zero attached hydrogens (tertiary/aromatic N) is 1. The maximum Gasteiger partial charge on any atom is 0.230 e. The Kier molecular flexibility index (Phi) is 7.65. The van der Waals surface area contributed by atoms with Gasteiger partial charge >= 0.3 is 0 Å². The van der Waals surface area contributed by atoms with Gasteiger partial charge in [0.15, 0.2) is 0 Å². The topological polar surface area (TPSA) is 60.8 Å². The first-order valence-corrected chi connectivity index (χ1v) is 11.3. The quantitative estimate of drug-likeness (QED) is 0.560. The smallest absolute Gasteiger partial charge is 0.230 e. The first-order valence-electron chi connectivity index (χ1n) is 10.4. The molecule has 1 aliphatic heterocycles. The molecule has 2 N–H and O–H groups in total. The molecular formula is C23H31NO3S. The second kappa shape index (κ2) is 10.2. The van der Waals surface area contributed by atoms with Gasteiger partial charge < -0.3 is 15.1 Å². The molecule has 1 saturated heterocycles. The molecule has 152 valence electrons. The van der Waals surface area contributed by atoms with Crippen LogP contribution in [0.2, 0.25) is 0 Å². The van der Waals surface area contributed by atoms with Gasteiger partial charge in [0.2, 0.25) is 5.91 Å². The Labute approximate surface area is 171 Å². The lowest BCUT2D eigenvalue weighted by Crippen LogP contribution is -2.37. The number of carbonyl (C=O) groups is 1. The zero-order valence-electron chi connectivity index (χ0n) is 16.6. The van der Waals surface area contributed by atoms with Crippen LogP contribution in [0.1, 0.15) is 68.4 Å². The van der Waals surface area contributed by atoms with E-state index < -0.39 is 12.2 Å². The van der Waals surface area contributed by atoms with Gasteiger partial charge in [0.1, 0.15) is 0 Å². The Hall–Kier alpha value is -1.69. The van der Waals surface area contributed by atoms with Gasteiger partial charge in [-0.2, -0.15) is 0 Å². The second-order valence-electron chi connectivity index (χ2n) is 7.68. The third-order valence-corrected chi connectivity index (χ3v) is 6.50. The first-order chi connectivity index (χ1) is 13.6. The predicted molar refractivity (Wildman–Crippen MR) is 115 cm³/mol. The molecule has 1 aromatic heterocycles. The van der Waals surface area contributed by atoms with Crippen molar-refractivity contribution in [2.75, 3.05) is 4.90 Å². The monoisotopic (exact) mass is 401 g/mol. The van der Waals surface area contributed by atoms with E-state index in [1.165, 1.54) is 4.88 Å². The highest BCUT2D eigenvalue weighted by Crippen LogP contribution is 2.31. The van der Waals surface area contributed by atoms with Gasteiger partial charge in [0.25, 0.3) is 0 Å². The molecule has 4 nitrogen and oxygen atoms in total. The molecule has 0 bridgehead atoms. The van der Waals surface area contributed by atoms with Crippen LogP contribution in [0.5, 0.6) is 0 Å². The summed E-state index contributed by atoms with van der Waals surface area (Å²) in [6.07, 6.45) is 5.87. The van der Waals surface area contributed by atoms with Crippen LogP contribution in [0, 0.1) is 0 Å². The van der Waals surface area contributed by atoms with Crippen LogP contribution >= 0.6 is 11.3 Å². The van der Waals surface area contributed by atoms with Gasteiger partial charge in [0, 0.05) is 10.6 Å². The summed E-state index contributed by atoms with van der Waals surface area (Å²) >= 11 is 1.75. The minimum atomic E-state index is -0.616. The van der Waals surface area contributed by atoms with E-state index in [4.69, 9.17) is 0 Å². The number of benzene rings is 1. The van der Waals surface area contributed by atoms with Crippen molar-refractivity contribution in [3.63, 3.8) is 0 Å². The lowest BCUT2D eigenvalue weighted by molar-refractivity contribution is -0.117. The number of aliphatic hydroxyl groups is 2. The van der Waals surface area contributed by atoms with E-state index in [0.29, 0.717) is 0 Å². The molecule has 2 aromatic rings. The molecule has 1 fully saturated rings. The standard InChI is InChI=1S/C23H31NO3S/c1-2-3-4-10-21(25)17-11-13-18(14-12-17)24-20(22(26)16-23(24)27)9-5-7-19-8-6-15-28-19/h6,8,11-15,20-22,25-26H,2-5,7,9-10,16H2,1H3/t20-,21?,22-/m0/s1. The molecule has 1 amide bonds. The number of carbonyl (C=O) groups excluding carboxylic acids is 1. The molecule has 1 aromatic carbocycles. The van der Waals surface area contributed by atoms with E-state index in [-0.39, 0.29) is 18.4 Å². The number of aliphatic hydroxyl groups excluding tert-OH is 2. The average Bonchev–Trinajstić information content (AvgIpc) is 3.30. The van der Waals surface area contributed by atoms with Gasteiger partial charge in [-0.3, -0.25) is 4.79 Å². The van der Waals surface area contributed by atoms with Crippen molar-refractivity contribution in [2.24, 2.45) is 0 Å². The third kappa shape index (κ3) is 5.22. The zero-order chi connectivity index (χ0) is 19.9. The van der Waals surface area contributed by atoms with Crippen molar-refractivity contribution in [2.45, 2.75) is 76.5 Å². The third-order valence-electron chi connectivity index (χ3n) is 5.57. The summed E-state index contributed by atoms with van der Waals surface area (Å²) in [6, 6.07) is 11.6. The van der Waals surface area contributed by atoms with Gasteiger partial charge in [-0.05, 0) is 54.8 Å². The van der Waals surface area contributed by atoms with Crippen LogP contribution in [-0.2, 0) is 11.2 Å². The molecule has 2 heterocycles. The molecular weight excluding hydrogens is 370 g/mol. The Morgan fingerprint density at radius 3 is 2.64 bits per heavy atom. The minimum Gasteiger partial charge on any atom is -0.390 e. The summed E-state index contributed by atoms with van der Waals surface area (Å²) in [5, 5.41) is 22.8. The Balaban J connectivity index is 1.62. The van der Waals surface area contributed by atoms with Crippen LogP contribution in [0.15, 0.2) is 41.8 Å². The lowest BCUT2D eigenvalue weighted by Gasteiger charge is -2.27. The highest BCUT2D eigenvalue weighted by Gasteiger charge is 2.39. The maximum absolute atomic E-state index is 12.5. The van der Waals surface area contributed by atoms with Crippen molar-refractivity contribution in [1.82, 2.24) is 0 Å². The number of thiophene rings is 1. The molecule has 3 rings (SSSR count). The normalized spacial score (nSPS) is 20.7. The maximum atomic E-state index is 12.5. The van der Waals surface area contributed by atoms with Crippen LogP contribution < -0.4 is 4.90 Å². The molecule has 0 spiro atoms. The first kappa shape index (κ1) is 21.0. The predicted octanol–water partition coefficient (Wildman–Crippen LogP) is 4.85. The van der Waals surface area contributed by atoms with Gasteiger partial charge in [-0.25, -0.2) is 0 Å². The van der Waals surface area contributed by atoms with Crippen molar-refractivity contribution >= 4 is 22.9 Å². The number of aryl methyl sites for hydroxylation is 1. The molecule has 5 heteroatoms. The van der Waals surface area contributed by atoms with E-state index >= 15 is 0 Å². The highest BCUT2D eigenvalue weighted by atomic mass is 32.1. The number of rotatable bonds is 10. The van der Waals surface area contributed by atoms with Crippen molar-refractivity contribution < 1.29 is 15.0 Å². The number of amides is 1. The zero-order valence-corrected chi connectivity index (χ0v) is 17.4. The summed E-state index contributed by atoms with van der Waals surface area (Å²) in [5.41, 5.74) is 1.70. The fourth-order valence-electron chi connectivity index (χ4n) is 3.98. The van der Waals surface area contributed by atoms with Gasteiger partial charge in [0.05, 0.1) is 24.7 Å². The van der Waals surface area contributed by atoms with E-state index in [1.54, 1.807) is 16.2 Å². The largest absolute Gasteiger partial charge is 0.390 e. The SMILES string of the molecule is CCCCCC(O)c1ccc(N2C(=O)C[C@H](O)[C@@H]2CCCc2cccs2)cc1. The van der Waals surface area contributed by atoms with E-state index in [1.807, 2.05) is 24.3 Å².